The van der Waals surface area contributed by atoms with E-state index in [4.69, 9.17) is 4.74 Å². The molecule has 6 heteroatoms. The Morgan fingerprint density at radius 3 is 2.81 bits per heavy atom. The van der Waals surface area contributed by atoms with E-state index in [1.807, 2.05) is 0 Å². The minimum absolute atomic E-state index is 0.109. The Labute approximate surface area is 124 Å². The normalized spacial score (nSPS) is 35.5. The number of ether oxygens (including phenoxy) is 1. The van der Waals surface area contributed by atoms with Crippen molar-refractivity contribution in [1.29, 1.82) is 0 Å². The van der Waals surface area contributed by atoms with Crippen LogP contribution in [0.3, 0.4) is 0 Å². The van der Waals surface area contributed by atoms with Crippen LogP contribution >= 0.6 is 0 Å². The Balaban J connectivity index is 1.53. The van der Waals surface area contributed by atoms with Crippen molar-refractivity contribution in [1.82, 2.24) is 10.2 Å². The number of carbonyl (C=O) groups excluding carboxylic acids is 1. The van der Waals surface area contributed by atoms with E-state index in [1.54, 1.807) is 4.90 Å². The van der Waals surface area contributed by atoms with E-state index in [2.05, 4.69) is 5.32 Å². The Morgan fingerprint density at radius 2 is 2.14 bits per heavy atom. The van der Waals surface area contributed by atoms with Crippen LogP contribution in [0.1, 0.15) is 38.5 Å². The zero-order valence-corrected chi connectivity index (χ0v) is 12.3. The third-order valence-electron chi connectivity index (χ3n) is 5.34. The lowest BCUT2D eigenvalue weighted by atomic mass is 9.81. The molecule has 2 aliphatic heterocycles. The number of rotatable bonds is 3. The number of carboxylic acids is 1. The molecule has 3 aliphatic rings. The fraction of sp³-hybridized carbons (Fsp3) is 0.867. The number of carboxylic acid groups (broad SMARTS) is 1. The SMILES string of the molecule is O=C(NCC1CCCCO1)N1C[C@@H]2CCC[C@@]2(C(=O)O)C1. The fourth-order valence-electron chi connectivity index (χ4n) is 4.07. The van der Waals surface area contributed by atoms with Crippen molar-refractivity contribution in [2.24, 2.45) is 11.3 Å². The van der Waals surface area contributed by atoms with E-state index >= 15 is 0 Å². The van der Waals surface area contributed by atoms with Gasteiger partial charge in [0.1, 0.15) is 0 Å². The summed E-state index contributed by atoms with van der Waals surface area (Å²) in [5, 5.41) is 12.4. The Kier molecular flexibility index (Phi) is 4.06. The third kappa shape index (κ3) is 2.73. The van der Waals surface area contributed by atoms with Crippen LogP contribution in [0.5, 0.6) is 0 Å². The van der Waals surface area contributed by atoms with Crippen LogP contribution in [-0.4, -0.2) is 54.4 Å². The number of likely N-dealkylation sites (tertiary alicyclic amines) is 1. The molecule has 0 radical (unpaired) electrons. The van der Waals surface area contributed by atoms with Crippen LogP contribution in [-0.2, 0) is 9.53 Å². The number of aliphatic carboxylic acids is 1. The van der Waals surface area contributed by atoms with E-state index in [0.29, 0.717) is 26.1 Å². The van der Waals surface area contributed by atoms with Crippen molar-refractivity contribution < 1.29 is 19.4 Å². The van der Waals surface area contributed by atoms with Gasteiger partial charge in [0.25, 0.3) is 0 Å². The third-order valence-corrected chi connectivity index (χ3v) is 5.34. The average molecular weight is 296 g/mol. The Bertz CT molecular complexity index is 422. The molecule has 0 bridgehead atoms. The Hall–Kier alpha value is -1.30. The predicted octanol–water partition coefficient (Wildman–Crippen LogP) is 1.45. The van der Waals surface area contributed by atoms with Gasteiger partial charge in [0.05, 0.1) is 11.5 Å². The van der Waals surface area contributed by atoms with Crippen molar-refractivity contribution in [3.05, 3.63) is 0 Å². The second kappa shape index (κ2) is 5.83. The van der Waals surface area contributed by atoms with Gasteiger partial charge in [-0.15, -0.1) is 0 Å². The van der Waals surface area contributed by atoms with Crippen molar-refractivity contribution in [2.45, 2.75) is 44.6 Å². The summed E-state index contributed by atoms with van der Waals surface area (Å²) in [4.78, 5) is 25.5. The molecule has 21 heavy (non-hydrogen) atoms. The first-order valence-electron chi connectivity index (χ1n) is 7.99. The van der Waals surface area contributed by atoms with E-state index in [9.17, 15) is 14.7 Å². The molecule has 3 fully saturated rings. The molecule has 1 saturated carbocycles. The molecule has 2 heterocycles. The molecule has 0 spiro atoms. The minimum atomic E-state index is -0.740. The summed E-state index contributed by atoms with van der Waals surface area (Å²) in [5.41, 5.74) is -0.696. The molecule has 2 N–H and O–H groups in total. The van der Waals surface area contributed by atoms with Crippen LogP contribution in [0.4, 0.5) is 4.79 Å². The van der Waals surface area contributed by atoms with Crippen LogP contribution in [0, 0.1) is 11.3 Å². The summed E-state index contributed by atoms with van der Waals surface area (Å²) in [7, 11) is 0. The molecule has 0 aromatic rings. The van der Waals surface area contributed by atoms with Gasteiger partial charge >= 0.3 is 12.0 Å². The first-order chi connectivity index (χ1) is 10.1. The maximum Gasteiger partial charge on any atom is 0.317 e. The highest BCUT2D eigenvalue weighted by atomic mass is 16.5. The van der Waals surface area contributed by atoms with E-state index in [0.717, 1.165) is 38.7 Å². The van der Waals surface area contributed by atoms with Crippen molar-refractivity contribution in [3.8, 4) is 0 Å². The van der Waals surface area contributed by atoms with Gasteiger partial charge in [0, 0.05) is 26.2 Å². The topological polar surface area (TPSA) is 78.9 Å². The summed E-state index contributed by atoms with van der Waals surface area (Å²) in [6, 6.07) is -0.140. The van der Waals surface area contributed by atoms with Gasteiger partial charge in [-0.05, 0) is 38.0 Å². The second-order valence-electron chi connectivity index (χ2n) is 6.61. The van der Waals surface area contributed by atoms with Gasteiger partial charge in [-0.1, -0.05) is 6.42 Å². The van der Waals surface area contributed by atoms with Gasteiger partial charge in [0.2, 0.25) is 0 Å². The Morgan fingerprint density at radius 1 is 1.29 bits per heavy atom. The smallest absolute Gasteiger partial charge is 0.317 e. The number of nitrogens with one attached hydrogen (secondary N) is 1. The van der Waals surface area contributed by atoms with Crippen LogP contribution < -0.4 is 5.32 Å². The van der Waals surface area contributed by atoms with Crippen molar-refractivity contribution in [2.75, 3.05) is 26.2 Å². The molecule has 3 rings (SSSR count). The molecular formula is C15H24N2O4. The molecule has 3 atom stereocenters. The maximum atomic E-state index is 12.3. The summed E-state index contributed by atoms with van der Waals surface area (Å²) in [5.74, 6) is -0.623. The van der Waals surface area contributed by atoms with Crippen LogP contribution in [0.25, 0.3) is 0 Å². The second-order valence-corrected chi connectivity index (χ2v) is 6.61. The highest BCUT2D eigenvalue weighted by molar-refractivity contribution is 5.80. The molecular weight excluding hydrogens is 272 g/mol. The number of hydrogen-bond donors (Lipinski definition) is 2. The minimum Gasteiger partial charge on any atom is -0.481 e. The van der Waals surface area contributed by atoms with Gasteiger partial charge in [-0.3, -0.25) is 4.79 Å². The average Bonchev–Trinajstić information content (AvgIpc) is 3.03. The summed E-state index contributed by atoms with van der Waals surface area (Å²) in [6.07, 6.45) is 5.92. The van der Waals surface area contributed by atoms with Crippen molar-refractivity contribution >= 4 is 12.0 Å². The van der Waals surface area contributed by atoms with E-state index in [1.165, 1.54) is 0 Å². The number of fused-ring (bicyclic) bond motifs is 1. The van der Waals surface area contributed by atoms with Crippen molar-refractivity contribution in [3.63, 3.8) is 0 Å². The molecule has 1 unspecified atom stereocenters. The molecule has 6 nitrogen and oxygen atoms in total. The lowest BCUT2D eigenvalue weighted by molar-refractivity contribution is -0.149. The largest absolute Gasteiger partial charge is 0.481 e. The molecule has 118 valence electrons. The van der Waals surface area contributed by atoms with Crippen LogP contribution in [0.2, 0.25) is 0 Å². The van der Waals surface area contributed by atoms with Crippen LogP contribution in [0.15, 0.2) is 0 Å². The summed E-state index contributed by atoms with van der Waals surface area (Å²) < 4.78 is 5.60. The fourth-order valence-corrected chi connectivity index (χ4v) is 4.07. The first kappa shape index (κ1) is 14.6. The lowest BCUT2D eigenvalue weighted by Gasteiger charge is -2.25. The highest BCUT2D eigenvalue weighted by Gasteiger charge is 2.55. The molecule has 2 amide bonds. The monoisotopic (exact) mass is 296 g/mol. The summed E-state index contributed by atoms with van der Waals surface area (Å²) in [6.45, 7) is 2.22. The zero-order chi connectivity index (χ0) is 14.9. The molecule has 0 aromatic carbocycles. The van der Waals surface area contributed by atoms with Gasteiger partial charge in [-0.2, -0.15) is 0 Å². The van der Waals surface area contributed by atoms with Gasteiger partial charge < -0.3 is 20.1 Å². The number of amides is 2. The number of hydrogen-bond acceptors (Lipinski definition) is 3. The lowest BCUT2D eigenvalue weighted by Crippen LogP contribution is -2.44. The first-order valence-corrected chi connectivity index (χ1v) is 7.99. The maximum absolute atomic E-state index is 12.3. The van der Waals surface area contributed by atoms with Gasteiger partial charge in [0.15, 0.2) is 0 Å². The number of urea groups is 1. The molecule has 0 aromatic heterocycles. The number of nitrogens with zero attached hydrogens (tertiary/aromatic N) is 1. The van der Waals surface area contributed by atoms with E-state index < -0.39 is 11.4 Å². The molecule has 1 aliphatic carbocycles. The highest BCUT2D eigenvalue weighted by Crippen LogP contribution is 2.48. The predicted molar refractivity (Wildman–Crippen MR) is 76.0 cm³/mol. The van der Waals surface area contributed by atoms with E-state index in [-0.39, 0.29) is 18.1 Å². The molecule has 2 saturated heterocycles. The zero-order valence-electron chi connectivity index (χ0n) is 12.3. The van der Waals surface area contributed by atoms with Gasteiger partial charge in [-0.25, -0.2) is 4.79 Å². The quantitative estimate of drug-likeness (QED) is 0.826. The summed E-state index contributed by atoms with van der Waals surface area (Å²) >= 11 is 0. The standard InChI is InChI=1S/C15H24N2O4/c18-13(19)15-6-3-4-11(15)9-17(10-15)14(20)16-8-12-5-1-2-7-21-12/h11-12H,1-10H2,(H,16,20)(H,18,19)/t11-,12?,15+/m0/s1. The number of carbonyl (C=O) groups is 2.